The first-order valence-electron chi connectivity index (χ1n) is 5.51. The van der Waals surface area contributed by atoms with Crippen molar-refractivity contribution in [3.05, 3.63) is 28.2 Å². The van der Waals surface area contributed by atoms with E-state index >= 15 is 0 Å². The van der Waals surface area contributed by atoms with Gasteiger partial charge in [0.2, 0.25) is 0 Å². The van der Waals surface area contributed by atoms with Crippen LogP contribution in [0, 0.1) is 0 Å². The normalized spacial score (nSPS) is 11.8. The molecule has 0 radical (unpaired) electrons. The molecule has 5 heteroatoms. The fourth-order valence-electron chi connectivity index (χ4n) is 1.61. The molecule has 0 N–H and O–H groups in total. The van der Waals surface area contributed by atoms with E-state index in [1.165, 1.54) is 6.92 Å². The quantitative estimate of drug-likeness (QED) is 0.619. The monoisotopic (exact) mass is 314 g/mol. The molecule has 0 bridgehead atoms. The molecule has 1 unspecified atom stereocenters. The molecular formula is C13H15BrO4. The highest BCUT2D eigenvalue weighted by atomic mass is 79.9. The van der Waals surface area contributed by atoms with Crippen LogP contribution >= 0.6 is 15.9 Å². The molecule has 0 aliphatic heterocycles. The Balaban J connectivity index is 3.14. The van der Waals surface area contributed by atoms with E-state index in [4.69, 9.17) is 9.47 Å². The van der Waals surface area contributed by atoms with Crippen LogP contribution in [0.5, 0.6) is 5.75 Å². The molecule has 0 aromatic heterocycles. The van der Waals surface area contributed by atoms with Crippen molar-refractivity contribution in [3.63, 3.8) is 0 Å². The first-order chi connectivity index (χ1) is 8.51. The molecule has 0 aliphatic carbocycles. The van der Waals surface area contributed by atoms with Crippen LogP contribution in [0.3, 0.4) is 0 Å². The van der Waals surface area contributed by atoms with E-state index < -0.39 is 11.9 Å². The van der Waals surface area contributed by atoms with Crippen LogP contribution in [-0.4, -0.2) is 25.5 Å². The zero-order valence-electron chi connectivity index (χ0n) is 10.5. The lowest BCUT2D eigenvalue weighted by atomic mass is 9.95. The topological polar surface area (TPSA) is 52.6 Å². The van der Waals surface area contributed by atoms with Gasteiger partial charge in [0, 0.05) is 4.47 Å². The minimum absolute atomic E-state index is 0.246. The van der Waals surface area contributed by atoms with Gasteiger partial charge in [-0.15, -0.1) is 0 Å². The molecule has 0 saturated carbocycles. The van der Waals surface area contributed by atoms with E-state index in [1.54, 1.807) is 32.2 Å². The molecule has 0 aliphatic rings. The fourth-order valence-corrected chi connectivity index (χ4v) is 2.19. The SMILES string of the molecule is CCOC(=O)C(C(C)=O)c1ccc(OC)cc1Br. The van der Waals surface area contributed by atoms with Gasteiger partial charge in [0.05, 0.1) is 13.7 Å². The van der Waals surface area contributed by atoms with E-state index in [-0.39, 0.29) is 12.4 Å². The van der Waals surface area contributed by atoms with Crippen LogP contribution in [0.15, 0.2) is 22.7 Å². The van der Waals surface area contributed by atoms with Crippen LogP contribution in [0.1, 0.15) is 25.3 Å². The molecule has 1 aromatic rings. The van der Waals surface area contributed by atoms with E-state index in [0.29, 0.717) is 15.8 Å². The second-order valence-corrected chi connectivity index (χ2v) is 4.54. The third kappa shape index (κ3) is 3.32. The molecular weight excluding hydrogens is 300 g/mol. The molecule has 0 fully saturated rings. The van der Waals surface area contributed by atoms with Gasteiger partial charge in [0.15, 0.2) is 0 Å². The number of rotatable bonds is 5. The average Bonchev–Trinajstić information content (AvgIpc) is 2.31. The minimum Gasteiger partial charge on any atom is -0.497 e. The van der Waals surface area contributed by atoms with Crippen molar-refractivity contribution in [1.29, 1.82) is 0 Å². The summed E-state index contributed by atoms with van der Waals surface area (Å²) < 4.78 is 10.6. The number of hydrogen-bond donors (Lipinski definition) is 0. The standard InChI is InChI=1S/C13H15BrO4/c1-4-18-13(16)12(8(2)15)10-6-5-9(17-3)7-11(10)14/h5-7,12H,4H2,1-3H3. The number of carbonyl (C=O) groups excluding carboxylic acids is 2. The summed E-state index contributed by atoms with van der Waals surface area (Å²) in [5.74, 6) is -1.03. The van der Waals surface area contributed by atoms with Crippen molar-refractivity contribution in [2.24, 2.45) is 0 Å². The van der Waals surface area contributed by atoms with E-state index in [2.05, 4.69) is 15.9 Å². The van der Waals surface area contributed by atoms with Crippen molar-refractivity contribution < 1.29 is 19.1 Å². The molecule has 98 valence electrons. The van der Waals surface area contributed by atoms with Gasteiger partial charge in [-0.05, 0) is 31.5 Å². The van der Waals surface area contributed by atoms with Crippen molar-refractivity contribution in [2.45, 2.75) is 19.8 Å². The number of hydrogen-bond acceptors (Lipinski definition) is 4. The Labute approximate surface area is 114 Å². The van der Waals surface area contributed by atoms with Gasteiger partial charge in [-0.25, -0.2) is 0 Å². The third-order valence-corrected chi connectivity index (χ3v) is 3.13. The lowest BCUT2D eigenvalue weighted by Crippen LogP contribution is -2.22. The maximum atomic E-state index is 11.8. The Morgan fingerprint density at radius 1 is 1.39 bits per heavy atom. The summed E-state index contributed by atoms with van der Waals surface area (Å²) in [6.45, 7) is 3.33. The van der Waals surface area contributed by atoms with Crippen LogP contribution in [-0.2, 0) is 14.3 Å². The van der Waals surface area contributed by atoms with Crippen molar-refractivity contribution >= 4 is 27.7 Å². The van der Waals surface area contributed by atoms with Gasteiger partial charge >= 0.3 is 5.97 Å². The van der Waals surface area contributed by atoms with Gasteiger partial charge in [0.25, 0.3) is 0 Å². The summed E-state index contributed by atoms with van der Waals surface area (Å²) in [6, 6.07) is 5.10. The Bertz CT molecular complexity index is 456. The number of carbonyl (C=O) groups is 2. The molecule has 0 spiro atoms. The van der Waals surface area contributed by atoms with Crippen LogP contribution < -0.4 is 4.74 Å². The summed E-state index contributed by atoms with van der Waals surface area (Å²) in [5.41, 5.74) is 0.585. The maximum Gasteiger partial charge on any atom is 0.321 e. The smallest absolute Gasteiger partial charge is 0.321 e. The summed E-state index contributed by atoms with van der Waals surface area (Å²) >= 11 is 3.34. The second-order valence-electron chi connectivity index (χ2n) is 3.68. The Morgan fingerprint density at radius 3 is 2.50 bits per heavy atom. The third-order valence-electron chi connectivity index (χ3n) is 2.45. The number of Topliss-reactive ketones (excluding diaryl/α,β-unsaturated/α-hetero) is 1. The summed E-state index contributed by atoms with van der Waals surface area (Å²) in [4.78, 5) is 23.4. The predicted octanol–water partition coefficient (Wildman–Crippen LogP) is 2.69. The molecule has 1 aromatic carbocycles. The number of ether oxygens (including phenoxy) is 2. The zero-order chi connectivity index (χ0) is 13.7. The first-order valence-corrected chi connectivity index (χ1v) is 6.31. The second kappa shape index (κ2) is 6.54. The number of methoxy groups -OCH3 is 1. The number of halogens is 1. The first kappa shape index (κ1) is 14.7. The number of ketones is 1. The summed E-state index contributed by atoms with van der Waals surface area (Å²) in [6.07, 6.45) is 0. The maximum absolute atomic E-state index is 11.8. The van der Waals surface area contributed by atoms with Crippen molar-refractivity contribution in [3.8, 4) is 5.75 Å². The van der Waals surface area contributed by atoms with E-state index in [9.17, 15) is 9.59 Å². The number of benzene rings is 1. The predicted molar refractivity (Wildman–Crippen MR) is 70.7 cm³/mol. The molecule has 0 heterocycles. The van der Waals surface area contributed by atoms with Crippen LogP contribution in [0.25, 0.3) is 0 Å². The number of esters is 1. The van der Waals surface area contributed by atoms with Gasteiger partial charge in [-0.3, -0.25) is 9.59 Å². The zero-order valence-corrected chi connectivity index (χ0v) is 12.1. The highest BCUT2D eigenvalue weighted by molar-refractivity contribution is 9.10. The molecule has 1 rings (SSSR count). The molecule has 1 atom stereocenters. The van der Waals surface area contributed by atoms with Gasteiger partial charge < -0.3 is 9.47 Å². The van der Waals surface area contributed by atoms with Gasteiger partial charge in [-0.1, -0.05) is 22.0 Å². The average molecular weight is 315 g/mol. The summed E-state index contributed by atoms with van der Waals surface area (Å²) in [7, 11) is 1.55. The van der Waals surface area contributed by atoms with Gasteiger partial charge in [-0.2, -0.15) is 0 Å². The molecule has 18 heavy (non-hydrogen) atoms. The lowest BCUT2D eigenvalue weighted by molar-refractivity contribution is -0.147. The Morgan fingerprint density at radius 2 is 2.06 bits per heavy atom. The highest BCUT2D eigenvalue weighted by Crippen LogP contribution is 2.30. The Hall–Kier alpha value is -1.36. The van der Waals surface area contributed by atoms with Crippen LogP contribution in [0.2, 0.25) is 0 Å². The van der Waals surface area contributed by atoms with Crippen molar-refractivity contribution in [2.75, 3.05) is 13.7 Å². The summed E-state index contributed by atoms with van der Waals surface area (Å²) in [5, 5.41) is 0. The molecule has 0 amide bonds. The van der Waals surface area contributed by atoms with Gasteiger partial charge in [0.1, 0.15) is 17.5 Å². The molecule has 0 saturated heterocycles. The minimum atomic E-state index is -0.898. The van der Waals surface area contributed by atoms with E-state index in [0.717, 1.165) is 0 Å². The lowest BCUT2D eigenvalue weighted by Gasteiger charge is -2.15. The van der Waals surface area contributed by atoms with E-state index in [1.807, 2.05) is 0 Å². The van der Waals surface area contributed by atoms with Crippen molar-refractivity contribution in [1.82, 2.24) is 0 Å². The fraction of sp³-hybridized carbons (Fsp3) is 0.385. The highest BCUT2D eigenvalue weighted by Gasteiger charge is 2.28. The largest absolute Gasteiger partial charge is 0.497 e. The molecule has 4 nitrogen and oxygen atoms in total. The van der Waals surface area contributed by atoms with Crippen LogP contribution in [0.4, 0.5) is 0 Å². The Kier molecular flexibility index (Phi) is 5.34.